The van der Waals surface area contributed by atoms with Crippen molar-refractivity contribution in [3.05, 3.63) is 53.5 Å². The lowest BCUT2D eigenvalue weighted by Crippen LogP contribution is -2.44. The molecule has 0 bridgehead atoms. The van der Waals surface area contributed by atoms with Crippen LogP contribution >= 0.6 is 0 Å². The maximum atomic E-state index is 15.1. The van der Waals surface area contributed by atoms with Gasteiger partial charge < -0.3 is 29.9 Å². The smallest absolute Gasteiger partial charge is 0.340 e. The van der Waals surface area contributed by atoms with Crippen molar-refractivity contribution in [3.63, 3.8) is 0 Å². The molecule has 2 aromatic rings. The number of ether oxygens (including phenoxy) is 1. The number of carbonyl (C=O) groups is 2. The van der Waals surface area contributed by atoms with Crippen molar-refractivity contribution in [2.75, 3.05) is 67.2 Å². The van der Waals surface area contributed by atoms with Crippen LogP contribution in [0.25, 0.3) is 0 Å². The number of aromatic nitrogens is 1. The van der Waals surface area contributed by atoms with Crippen LogP contribution in [0.5, 0.6) is 0 Å². The lowest BCUT2D eigenvalue weighted by atomic mass is 10.1. The van der Waals surface area contributed by atoms with Gasteiger partial charge in [0, 0.05) is 68.8 Å². The molecule has 0 unspecified atom stereocenters. The number of anilines is 4. The fraction of sp³-hybridized carbons (Fsp3) is 0.375. The molecule has 1 aromatic carbocycles. The lowest BCUT2D eigenvalue weighted by molar-refractivity contribution is -0.134. The van der Waals surface area contributed by atoms with Crippen molar-refractivity contribution >= 4 is 34.8 Å². The monoisotopic (exact) mass is 467 g/mol. The minimum absolute atomic E-state index is 0.203. The standard InChI is InChI=1S/C24H26FN5O4/c25-20-12-16-13-21(31)19(24(32)33)15-30(22(16)27-23(20)29-6-4-26-5-7-29)18-3-1-2-17(14-18)28-8-10-34-11-9-28/h1-3,12,14-15,26H,4-11,13H2,(H,32,33). The molecule has 0 saturated carbocycles. The Morgan fingerprint density at radius 1 is 1.03 bits per heavy atom. The number of nitrogens with one attached hydrogen (secondary N) is 1. The van der Waals surface area contributed by atoms with Crippen LogP contribution in [0.1, 0.15) is 5.56 Å². The van der Waals surface area contributed by atoms with Gasteiger partial charge in [-0.15, -0.1) is 0 Å². The number of piperazine rings is 1. The molecule has 0 spiro atoms. The van der Waals surface area contributed by atoms with Gasteiger partial charge in [-0.1, -0.05) is 6.07 Å². The molecule has 1 aromatic heterocycles. The first-order valence-electron chi connectivity index (χ1n) is 11.4. The molecule has 3 aliphatic rings. The number of fused-ring (bicyclic) bond motifs is 1. The molecule has 10 heteroatoms. The van der Waals surface area contributed by atoms with Crippen molar-refractivity contribution in [3.8, 4) is 0 Å². The summed E-state index contributed by atoms with van der Waals surface area (Å²) >= 11 is 0. The molecular weight excluding hydrogens is 441 g/mol. The van der Waals surface area contributed by atoms with Gasteiger partial charge in [-0.05, 0) is 24.3 Å². The number of carboxylic acids is 1. The molecule has 2 saturated heterocycles. The Bertz CT molecular complexity index is 1140. The van der Waals surface area contributed by atoms with Crippen molar-refractivity contribution in [1.82, 2.24) is 10.3 Å². The zero-order valence-electron chi connectivity index (χ0n) is 18.7. The number of halogens is 1. The first-order valence-corrected chi connectivity index (χ1v) is 11.4. The highest BCUT2D eigenvalue weighted by atomic mass is 19.1. The van der Waals surface area contributed by atoms with Crippen molar-refractivity contribution < 1.29 is 23.8 Å². The van der Waals surface area contributed by atoms with E-state index >= 15 is 4.39 Å². The summed E-state index contributed by atoms with van der Waals surface area (Å²) in [7, 11) is 0. The molecule has 34 heavy (non-hydrogen) atoms. The van der Waals surface area contributed by atoms with Crippen molar-refractivity contribution in [2.45, 2.75) is 6.42 Å². The van der Waals surface area contributed by atoms with E-state index in [1.54, 1.807) is 4.90 Å². The van der Waals surface area contributed by atoms with E-state index in [0.717, 1.165) is 18.8 Å². The molecule has 5 rings (SSSR count). The van der Waals surface area contributed by atoms with Gasteiger partial charge in [0.05, 0.1) is 13.2 Å². The summed E-state index contributed by atoms with van der Waals surface area (Å²) in [5.74, 6) is -1.87. The van der Waals surface area contributed by atoms with Gasteiger partial charge in [-0.3, -0.25) is 4.79 Å². The molecule has 0 atom stereocenters. The number of carboxylic acid groups (broad SMARTS) is 1. The summed E-state index contributed by atoms with van der Waals surface area (Å²) in [5.41, 5.74) is 1.58. The summed E-state index contributed by atoms with van der Waals surface area (Å²) in [6.07, 6.45) is 1.07. The normalized spacial score (nSPS) is 18.9. The van der Waals surface area contributed by atoms with Crippen LogP contribution in [0.3, 0.4) is 0 Å². The largest absolute Gasteiger partial charge is 0.478 e. The van der Waals surface area contributed by atoms with Gasteiger partial charge in [-0.25, -0.2) is 14.2 Å². The quantitative estimate of drug-likeness (QED) is 0.651. The Kier molecular flexibility index (Phi) is 6.16. The number of pyridine rings is 1. The minimum Gasteiger partial charge on any atom is -0.478 e. The third kappa shape index (κ3) is 4.34. The van der Waals surface area contributed by atoms with Crippen LogP contribution in [0.2, 0.25) is 0 Å². The highest BCUT2D eigenvalue weighted by Gasteiger charge is 2.30. The van der Waals surface area contributed by atoms with E-state index in [1.807, 2.05) is 29.2 Å². The fourth-order valence-corrected chi connectivity index (χ4v) is 4.51. The lowest BCUT2D eigenvalue weighted by Gasteiger charge is -2.31. The first kappa shape index (κ1) is 22.3. The second kappa shape index (κ2) is 9.40. The van der Waals surface area contributed by atoms with E-state index in [9.17, 15) is 14.7 Å². The minimum atomic E-state index is -1.32. The number of aliphatic carboxylic acids is 1. The van der Waals surface area contributed by atoms with E-state index in [2.05, 4.69) is 15.2 Å². The van der Waals surface area contributed by atoms with Crippen LogP contribution in [-0.2, 0) is 20.7 Å². The molecular formula is C24H26FN5O4. The van der Waals surface area contributed by atoms with Gasteiger partial charge in [0.25, 0.3) is 0 Å². The fourth-order valence-electron chi connectivity index (χ4n) is 4.51. The van der Waals surface area contributed by atoms with Crippen LogP contribution in [0, 0.1) is 5.82 Å². The number of carbonyl (C=O) groups excluding carboxylic acids is 1. The molecule has 0 radical (unpaired) electrons. The number of Topliss-reactive ketones (excluding diaryl/α,β-unsaturated/α-hetero) is 1. The maximum absolute atomic E-state index is 15.1. The average molecular weight is 468 g/mol. The Balaban J connectivity index is 1.62. The number of hydrogen-bond acceptors (Lipinski definition) is 8. The van der Waals surface area contributed by atoms with E-state index in [4.69, 9.17) is 4.74 Å². The third-order valence-electron chi connectivity index (χ3n) is 6.28. The van der Waals surface area contributed by atoms with E-state index in [-0.39, 0.29) is 17.8 Å². The van der Waals surface area contributed by atoms with E-state index < -0.39 is 17.6 Å². The summed E-state index contributed by atoms with van der Waals surface area (Å²) in [6, 6.07) is 8.92. The molecule has 0 amide bonds. The molecule has 3 aliphatic heterocycles. The van der Waals surface area contributed by atoms with Crippen LogP contribution < -0.4 is 20.0 Å². The van der Waals surface area contributed by atoms with Crippen molar-refractivity contribution in [1.29, 1.82) is 0 Å². The second-order valence-corrected chi connectivity index (χ2v) is 8.45. The number of rotatable bonds is 4. The molecule has 0 aliphatic carbocycles. The Morgan fingerprint density at radius 2 is 1.76 bits per heavy atom. The van der Waals surface area contributed by atoms with E-state index in [0.29, 0.717) is 56.5 Å². The summed E-state index contributed by atoms with van der Waals surface area (Å²) in [4.78, 5) is 34.9. The number of nitrogens with zero attached hydrogens (tertiary/aromatic N) is 4. The molecule has 2 fully saturated rings. The van der Waals surface area contributed by atoms with Gasteiger partial charge in [0.1, 0.15) is 11.4 Å². The first-order chi connectivity index (χ1) is 16.5. The van der Waals surface area contributed by atoms with Gasteiger partial charge >= 0.3 is 5.97 Å². The number of morpholine rings is 1. The second-order valence-electron chi connectivity index (χ2n) is 8.45. The zero-order chi connectivity index (χ0) is 23.7. The van der Waals surface area contributed by atoms with Crippen molar-refractivity contribution in [2.24, 2.45) is 0 Å². The number of benzene rings is 1. The van der Waals surface area contributed by atoms with E-state index in [1.165, 1.54) is 12.3 Å². The predicted molar refractivity (Wildman–Crippen MR) is 125 cm³/mol. The van der Waals surface area contributed by atoms with Crippen LogP contribution in [-0.4, -0.2) is 74.3 Å². The third-order valence-corrected chi connectivity index (χ3v) is 6.28. The molecule has 178 valence electrons. The van der Waals surface area contributed by atoms with Crippen LogP contribution in [0.4, 0.5) is 27.4 Å². The highest BCUT2D eigenvalue weighted by Crippen LogP contribution is 2.36. The highest BCUT2D eigenvalue weighted by molar-refractivity contribution is 6.18. The maximum Gasteiger partial charge on any atom is 0.340 e. The number of hydrogen-bond donors (Lipinski definition) is 2. The van der Waals surface area contributed by atoms with Gasteiger partial charge in [0.15, 0.2) is 17.4 Å². The summed E-state index contributed by atoms with van der Waals surface area (Å²) < 4.78 is 20.6. The van der Waals surface area contributed by atoms with Gasteiger partial charge in [-0.2, -0.15) is 0 Å². The predicted octanol–water partition coefficient (Wildman–Crippen LogP) is 1.70. The topological polar surface area (TPSA) is 98.2 Å². The SMILES string of the molecule is O=C(O)C1=CN(c2cccc(N3CCOCC3)c2)c2nc(N3CCNCC3)c(F)cc2CC1=O. The van der Waals surface area contributed by atoms with Crippen LogP contribution in [0.15, 0.2) is 42.1 Å². The average Bonchev–Trinajstić information content (AvgIpc) is 3.00. The Hall–Kier alpha value is -3.50. The Labute approximate surface area is 196 Å². The van der Waals surface area contributed by atoms with Gasteiger partial charge in [0.2, 0.25) is 0 Å². The Morgan fingerprint density at radius 3 is 2.50 bits per heavy atom. The molecule has 9 nitrogen and oxygen atoms in total. The molecule has 2 N–H and O–H groups in total. The zero-order valence-corrected chi connectivity index (χ0v) is 18.7. The summed E-state index contributed by atoms with van der Waals surface area (Å²) in [5, 5.41) is 12.9. The summed E-state index contributed by atoms with van der Waals surface area (Å²) in [6.45, 7) is 5.37. The number of ketones is 1. The molecule has 4 heterocycles.